The molecular formula is C16H24N6S. The number of nitrogens with one attached hydrogen (secondary N) is 2. The largest absolute Gasteiger partial charge is 0.357 e. The van der Waals surface area contributed by atoms with Gasteiger partial charge in [-0.15, -0.1) is 11.8 Å². The van der Waals surface area contributed by atoms with E-state index in [1.165, 1.54) is 10.5 Å². The van der Waals surface area contributed by atoms with E-state index in [1.54, 1.807) is 11.0 Å². The van der Waals surface area contributed by atoms with Crippen molar-refractivity contribution < 1.29 is 0 Å². The first-order valence-electron chi connectivity index (χ1n) is 7.73. The Labute approximate surface area is 141 Å². The summed E-state index contributed by atoms with van der Waals surface area (Å²) in [5.74, 6) is 2.63. The van der Waals surface area contributed by atoms with Gasteiger partial charge in [0.15, 0.2) is 5.96 Å². The fraction of sp³-hybridized carbons (Fsp3) is 0.438. The van der Waals surface area contributed by atoms with Crippen LogP contribution in [0.1, 0.15) is 18.3 Å². The van der Waals surface area contributed by atoms with Crippen LogP contribution in [0.25, 0.3) is 0 Å². The Hall–Kier alpha value is -2.02. The molecule has 0 atom stereocenters. The summed E-state index contributed by atoms with van der Waals surface area (Å²) >= 11 is 1.84. The Morgan fingerprint density at radius 2 is 2.04 bits per heavy atom. The van der Waals surface area contributed by atoms with Crippen molar-refractivity contribution >= 4 is 17.7 Å². The highest BCUT2D eigenvalue weighted by atomic mass is 32.2. The van der Waals surface area contributed by atoms with Crippen molar-refractivity contribution in [2.24, 2.45) is 12.0 Å². The van der Waals surface area contributed by atoms with Crippen molar-refractivity contribution in [2.45, 2.75) is 25.3 Å². The normalized spacial score (nSPS) is 11.5. The molecule has 0 saturated carbocycles. The molecule has 0 fully saturated rings. The third-order valence-electron chi connectivity index (χ3n) is 3.21. The molecular weight excluding hydrogens is 308 g/mol. The second-order valence-corrected chi connectivity index (χ2v) is 6.25. The third kappa shape index (κ3) is 5.94. The summed E-state index contributed by atoms with van der Waals surface area (Å²) in [5, 5.41) is 10.6. The molecule has 0 saturated heterocycles. The van der Waals surface area contributed by atoms with Gasteiger partial charge in [0.2, 0.25) is 0 Å². The highest BCUT2D eigenvalue weighted by Crippen LogP contribution is 2.17. The number of hydrogen-bond acceptors (Lipinski definition) is 4. The summed E-state index contributed by atoms with van der Waals surface area (Å²) in [4.78, 5) is 10.0. The van der Waals surface area contributed by atoms with Crippen LogP contribution in [0.15, 0.2) is 40.5 Å². The summed E-state index contributed by atoms with van der Waals surface area (Å²) in [6, 6.07) is 8.60. The first kappa shape index (κ1) is 17.3. The van der Waals surface area contributed by atoms with Crippen LogP contribution >= 0.6 is 11.8 Å². The molecule has 1 heterocycles. The lowest BCUT2D eigenvalue weighted by molar-refractivity contribution is 0.698. The van der Waals surface area contributed by atoms with Gasteiger partial charge in [0.25, 0.3) is 0 Å². The van der Waals surface area contributed by atoms with Crippen LogP contribution in [0.2, 0.25) is 0 Å². The number of guanidine groups is 1. The first-order chi connectivity index (χ1) is 11.2. The van der Waals surface area contributed by atoms with Crippen molar-refractivity contribution in [3.05, 3.63) is 42.0 Å². The number of hydrogen-bond donors (Lipinski definition) is 2. The van der Waals surface area contributed by atoms with Crippen molar-refractivity contribution in [1.82, 2.24) is 25.4 Å². The lowest BCUT2D eigenvalue weighted by atomic mass is 10.2. The topological polar surface area (TPSA) is 67.1 Å². The fourth-order valence-corrected chi connectivity index (χ4v) is 2.70. The summed E-state index contributed by atoms with van der Waals surface area (Å²) in [6.07, 6.45) is 1.55. The minimum absolute atomic E-state index is 0.511. The zero-order chi connectivity index (χ0) is 16.5. The second-order valence-electron chi connectivity index (χ2n) is 5.08. The second kappa shape index (κ2) is 9.19. The van der Waals surface area contributed by atoms with Gasteiger partial charge in [0.05, 0.1) is 0 Å². The van der Waals surface area contributed by atoms with Crippen LogP contribution in [0.4, 0.5) is 0 Å². The van der Waals surface area contributed by atoms with E-state index >= 15 is 0 Å². The number of aryl methyl sites for hydroxylation is 2. The van der Waals surface area contributed by atoms with E-state index in [4.69, 9.17) is 0 Å². The zero-order valence-electron chi connectivity index (χ0n) is 13.9. The van der Waals surface area contributed by atoms with Gasteiger partial charge in [-0.2, -0.15) is 5.10 Å². The molecule has 0 amide bonds. The van der Waals surface area contributed by atoms with E-state index in [0.717, 1.165) is 30.6 Å². The smallest absolute Gasteiger partial charge is 0.191 e. The molecule has 0 radical (unpaired) electrons. The van der Waals surface area contributed by atoms with E-state index in [1.807, 2.05) is 18.8 Å². The van der Waals surface area contributed by atoms with Crippen LogP contribution in [0.3, 0.4) is 0 Å². The maximum Gasteiger partial charge on any atom is 0.191 e. The molecule has 2 aromatic rings. The Kier molecular flexibility index (Phi) is 6.93. The van der Waals surface area contributed by atoms with E-state index in [2.05, 4.69) is 63.8 Å². The molecule has 23 heavy (non-hydrogen) atoms. The van der Waals surface area contributed by atoms with Crippen LogP contribution < -0.4 is 10.6 Å². The molecule has 1 aromatic heterocycles. The molecule has 7 heteroatoms. The predicted molar refractivity (Wildman–Crippen MR) is 95.7 cm³/mol. The minimum atomic E-state index is 0.511. The van der Waals surface area contributed by atoms with Gasteiger partial charge >= 0.3 is 0 Å². The van der Waals surface area contributed by atoms with Crippen molar-refractivity contribution in [3.8, 4) is 0 Å². The van der Waals surface area contributed by atoms with Gasteiger partial charge in [-0.25, -0.2) is 9.98 Å². The summed E-state index contributed by atoms with van der Waals surface area (Å²) < 4.78 is 1.74. The Bertz CT molecular complexity index is 620. The molecule has 0 aliphatic rings. The monoisotopic (exact) mass is 332 g/mol. The predicted octanol–water partition coefficient (Wildman–Crippen LogP) is 1.97. The molecule has 0 unspecified atom stereocenters. The summed E-state index contributed by atoms with van der Waals surface area (Å²) in [7, 11) is 1.87. The first-order valence-corrected chi connectivity index (χ1v) is 8.72. The molecule has 2 N–H and O–H groups in total. The Balaban J connectivity index is 1.77. The van der Waals surface area contributed by atoms with E-state index in [9.17, 15) is 0 Å². The molecule has 0 aliphatic heterocycles. The highest BCUT2D eigenvalue weighted by Gasteiger charge is 2.01. The number of aromatic nitrogens is 3. The average Bonchev–Trinajstić information content (AvgIpc) is 2.96. The fourth-order valence-electron chi connectivity index (χ4n) is 1.93. The molecule has 124 valence electrons. The van der Waals surface area contributed by atoms with E-state index < -0.39 is 0 Å². The standard InChI is InChI=1S/C16H24N6S/c1-4-17-16(19-11-15-20-12-21-22(15)3)18-9-10-23-14-7-5-13(2)6-8-14/h5-8,12H,4,9-11H2,1-3H3,(H2,17,18,19). The molecule has 1 aromatic carbocycles. The molecule has 6 nitrogen and oxygen atoms in total. The quantitative estimate of drug-likeness (QED) is 0.351. The molecule has 0 bridgehead atoms. The van der Waals surface area contributed by atoms with E-state index in [0.29, 0.717) is 6.54 Å². The van der Waals surface area contributed by atoms with Crippen LogP contribution in [0.5, 0.6) is 0 Å². The van der Waals surface area contributed by atoms with Gasteiger partial charge in [-0.05, 0) is 26.0 Å². The molecule has 2 rings (SSSR count). The SMILES string of the molecule is CCNC(=NCc1ncnn1C)NCCSc1ccc(C)cc1. The van der Waals surface area contributed by atoms with Crippen LogP contribution in [0, 0.1) is 6.92 Å². The van der Waals surface area contributed by atoms with Gasteiger partial charge in [0, 0.05) is 30.8 Å². The van der Waals surface area contributed by atoms with Crippen LogP contribution in [-0.4, -0.2) is 39.6 Å². The lowest BCUT2D eigenvalue weighted by Crippen LogP contribution is -2.38. The summed E-state index contributed by atoms with van der Waals surface area (Å²) in [5.41, 5.74) is 1.29. The minimum Gasteiger partial charge on any atom is -0.357 e. The highest BCUT2D eigenvalue weighted by molar-refractivity contribution is 7.99. The number of aliphatic imine (C=N–C) groups is 1. The number of nitrogens with zero attached hydrogens (tertiary/aromatic N) is 4. The van der Waals surface area contributed by atoms with Gasteiger partial charge in [0.1, 0.15) is 18.7 Å². The Morgan fingerprint density at radius 1 is 1.26 bits per heavy atom. The van der Waals surface area contributed by atoms with Gasteiger partial charge in [-0.1, -0.05) is 17.7 Å². The number of benzene rings is 1. The number of thioether (sulfide) groups is 1. The van der Waals surface area contributed by atoms with Gasteiger partial charge in [-0.3, -0.25) is 4.68 Å². The molecule has 0 spiro atoms. The maximum absolute atomic E-state index is 4.53. The van der Waals surface area contributed by atoms with Crippen molar-refractivity contribution in [2.75, 3.05) is 18.8 Å². The van der Waals surface area contributed by atoms with Crippen molar-refractivity contribution in [1.29, 1.82) is 0 Å². The van der Waals surface area contributed by atoms with E-state index in [-0.39, 0.29) is 0 Å². The van der Waals surface area contributed by atoms with Crippen LogP contribution in [-0.2, 0) is 13.6 Å². The summed E-state index contributed by atoms with van der Waals surface area (Å²) in [6.45, 7) is 6.35. The lowest BCUT2D eigenvalue weighted by Gasteiger charge is -2.11. The number of rotatable bonds is 7. The molecule has 0 aliphatic carbocycles. The zero-order valence-corrected chi connectivity index (χ0v) is 14.7. The third-order valence-corrected chi connectivity index (χ3v) is 4.23. The average molecular weight is 332 g/mol. The maximum atomic E-state index is 4.53. The van der Waals surface area contributed by atoms with Crippen molar-refractivity contribution in [3.63, 3.8) is 0 Å². The Morgan fingerprint density at radius 3 is 2.70 bits per heavy atom. The van der Waals surface area contributed by atoms with Gasteiger partial charge < -0.3 is 10.6 Å².